The van der Waals surface area contributed by atoms with Gasteiger partial charge in [0.15, 0.2) is 17.3 Å². The zero-order valence-electron chi connectivity index (χ0n) is 24.6. The molecular formula is C30H33BF2N2O8. The van der Waals surface area contributed by atoms with E-state index in [0.29, 0.717) is 20.1 Å². The number of ether oxygens (including phenoxy) is 4. The van der Waals surface area contributed by atoms with Gasteiger partial charge in [0, 0.05) is 23.5 Å². The second kappa shape index (κ2) is 12.8. The minimum Gasteiger partial charge on any atom is -0.465 e. The van der Waals surface area contributed by atoms with Gasteiger partial charge in [0.25, 0.3) is 0 Å². The van der Waals surface area contributed by atoms with Crippen molar-refractivity contribution in [2.45, 2.75) is 40.5 Å². The number of hydrogen-bond acceptors (Lipinski definition) is 8. The van der Waals surface area contributed by atoms with E-state index in [2.05, 4.69) is 0 Å². The molecule has 0 bridgehead atoms. The first-order chi connectivity index (χ1) is 20.5. The second-order valence-corrected chi connectivity index (χ2v) is 9.73. The fourth-order valence-electron chi connectivity index (χ4n) is 5.34. The lowest BCUT2D eigenvalue weighted by Gasteiger charge is -2.34. The number of hydrogen-bond donors (Lipinski definition) is 0. The second-order valence-electron chi connectivity index (χ2n) is 9.73. The third kappa shape index (κ3) is 5.63. The Balaban J connectivity index is 2.08. The number of carbonyl (C=O) groups excluding carboxylic acids is 4. The Morgan fingerprint density at radius 3 is 1.72 bits per heavy atom. The topological polar surface area (TPSA) is 113 Å². The average Bonchev–Trinajstić information content (AvgIpc) is 3.57. The number of carbonyl (C=O) groups is 4. The normalized spacial score (nSPS) is 15.0. The van der Waals surface area contributed by atoms with Crippen LogP contribution in [-0.4, -0.2) is 72.0 Å². The molecule has 0 fully saturated rings. The minimum absolute atomic E-state index is 0.0171. The van der Waals surface area contributed by atoms with Crippen molar-refractivity contribution in [2.24, 2.45) is 5.92 Å². The number of aryl methyl sites for hydroxylation is 1. The first kappa shape index (κ1) is 31.4. The molecule has 13 heteroatoms. The molecule has 3 heterocycles. The predicted octanol–water partition coefficient (Wildman–Crippen LogP) is 3.77. The molecule has 10 nitrogen and oxygen atoms in total. The summed E-state index contributed by atoms with van der Waals surface area (Å²) >= 11 is 0. The third-order valence-corrected chi connectivity index (χ3v) is 7.05. The number of fused-ring (bicyclic) bond motifs is 2. The lowest BCUT2D eigenvalue weighted by molar-refractivity contribution is -0.364. The molecule has 0 spiro atoms. The van der Waals surface area contributed by atoms with Crippen molar-refractivity contribution in [3.63, 3.8) is 0 Å². The molecule has 228 valence electrons. The summed E-state index contributed by atoms with van der Waals surface area (Å²) in [6, 6.07) is 9.77. The molecule has 0 aliphatic carbocycles. The van der Waals surface area contributed by atoms with Crippen LogP contribution in [0.15, 0.2) is 54.2 Å². The van der Waals surface area contributed by atoms with Gasteiger partial charge in [-0.25, -0.2) is 0 Å². The molecule has 0 amide bonds. The van der Waals surface area contributed by atoms with Gasteiger partial charge in [-0.2, -0.15) is 0 Å². The van der Waals surface area contributed by atoms with Crippen molar-refractivity contribution in [1.82, 2.24) is 4.48 Å². The maximum absolute atomic E-state index is 17.0. The summed E-state index contributed by atoms with van der Waals surface area (Å²) in [5, 5.41) is 0. The van der Waals surface area contributed by atoms with Crippen LogP contribution < -0.4 is 0 Å². The standard InChI is InChI=1S/C30H33BF2N2O8/c1-6-40-27(36)25(28(37)41-7-2)22-16-14-20-24(19-12-10-18(5)11-13-19)21-15-17-23(35(21)31(32,33)34(20)22)26(29(38)42-8-3)30(39)43-9-4/h10-17,25-26H,6-9H2,1-5H3. The van der Waals surface area contributed by atoms with Gasteiger partial charge in [-0.15, -0.1) is 0 Å². The van der Waals surface area contributed by atoms with Crippen LogP contribution in [0.5, 0.6) is 0 Å². The SMILES string of the molecule is CCOC(=O)C(C(=O)OCC)C1=[N+]2C(=C(c3ccc(C)cc3)c3ccc(C(C(=O)OCC)C(=O)OCC)n3[B-]2(F)F)C=C1. The summed E-state index contributed by atoms with van der Waals surface area (Å²) < 4.78 is 55.6. The molecule has 1 aromatic carbocycles. The molecule has 1 aromatic heterocycles. The summed E-state index contributed by atoms with van der Waals surface area (Å²) in [4.78, 5) is 52.1. The molecule has 0 saturated carbocycles. The molecule has 0 unspecified atom stereocenters. The molecule has 43 heavy (non-hydrogen) atoms. The first-order valence-corrected chi connectivity index (χ1v) is 14.1. The first-order valence-electron chi connectivity index (χ1n) is 14.1. The summed E-state index contributed by atoms with van der Waals surface area (Å²) in [5.74, 6) is -7.88. The van der Waals surface area contributed by atoms with E-state index in [1.807, 2.05) is 19.1 Å². The van der Waals surface area contributed by atoms with Crippen LogP contribution >= 0.6 is 0 Å². The Hall–Kier alpha value is -4.55. The predicted molar refractivity (Wildman–Crippen MR) is 152 cm³/mol. The smallest absolute Gasteiger partial charge is 0.465 e. The van der Waals surface area contributed by atoms with Crippen LogP contribution in [0.1, 0.15) is 56.1 Å². The maximum Gasteiger partial charge on any atom is 0.737 e. The van der Waals surface area contributed by atoms with E-state index in [0.717, 1.165) is 5.56 Å². The lowest BCUT2D eigenvalue weighted by atomic mass is 9.84. The van der Waals surface area contributed by atoms with Crippen LogP contribution in [0, 0.1) is 12.8 Å². The van der Waals surface area contributed by atoms with E-state index >= 15 is 8.63 Å². The van der Waals surface area contributed by atoms with Gasteiger partial charge in [-0.1, -0.05) is 29.8 Å². The zero-order chi connectivity index (χ0) is 31.5. The van der Waals surface area contributed by atoms with Crippen molar-refractivity contribution < 1.29 is 51.2 Å². The molecule has 4 rings (SSSR count). The quantitative estimate of drug-likeness (QED) is 0.166. The van der Waals surface area contributed by atoms with E-state index in [4.69, 9.17) is 18.9 Å². The van der Waals surface area contributed by atoms with Gasteiger partial charge in [-0.3, -0.25) is 19.2 Å². The van der Waals surface area contributed by atoms with Crippen molar-refractivity contribution >= 4 is 42.1 Å². The van der Waals surface area contributed by atoms with E-state index in [-0.39, 0.29) is 49.2 Å². The summed E-state index contributed by atoms with van der Waals surface area (Å²) in [6.45, 7) is 2.65. The van der Waals surface area contributed by atoms with Crippen LogP contribution in [-0.2, 0) is 38.1 Å². The largest absolute Gasteiger partial charge is 0.737 e. The van der Waals surface area contributed by atoms with Crippen molar-refractivity contribution in [3.05, 3.63) is 76.8 Å². The molecule has 2 aliphatic rings. The van der Waals surface area contributed by atoms with Gasteiger partial charge < -0.3 is 36.5 Å². The number of aromatic nitrogens is 1. The fraction of sp³-hybridized carbons (Fsp3) is 0.367. The monoisotopic (exact) mass is 598 g/mol. The third-order valence-electron chi connectivity index (χ3n) is 7.05. The van der Waals surface area contributed by atoms with Gasteiger partial charge in [0.05, 0.1) is 32.0 Å². The molecule has 2 aliphatic heterocycles. The lowest BCUT2D eigenvalue weighted by Crippen LogP contribution is -2.54. The molecule has 0 radical (unpaired) electrons. The summed E-state index contributed by atoms with van der Waals surface area (Å²) in [6.07, 6.45) is 2.66. The van der Waals surface area contributed by atoms with Crippen molar-refractivity contribution in [2.75, 3.05) is 26.4 Å². The van der Waals surface area contributed by atoms with Gasteiger partial charge in [0.2, 0.25) is 5.92 Å². The van der Waals surface area contributed by atoms with Gasteiger partial charge in [0.1, 0.15) is 0 Å². The van der Waals surface area contributed by atoms with Crippen LogP contribution in [0.2, 0.25) is 0 Å². The van der Waals surface area contributed by atoms with Gasteiger partial charge in [-0.05, 0) is 52.3 Å². The van der Waals surface area contributed by atoms with E-state index in [1.54, 1.807) is 12.1 Å². The van der Waals surface area contributed by atoms with Crippen LogP contribution in [0.4, 0.5) is 8.63 Å². The number of rotatable bonds is 11. The molecule has 2 aromatic rings. The van der Waals surface area contributed by atoms with Gasteiger partial charge >= 0.3 is 30.8 Å². The van der Waals surface area contributed by atoms with Crippen molar-refractivity contribution in [3.8, 4) is 0 Å². The average molecular weight is 598 g/mol. The molecule has 0 N–H and O–H groups in total. The Kier molecular flexibility index (Phi) is 9.32. The number of esters is 4. The van der Waals surface area contributed by atoms with Crippen LogP contribution in [0.25, 0.3) is 5.57 Å². The number of halogens is 2. The van der Waals surface area contributed by atoms with Crippen molar-refractivity contribution in [1.29, 1.82) is 0 Å². The minimum atomic E-state index is -4.93. The maximum atomic E-state index is 17.0. The fourth-order valence-corrected chi connectivity index (χ4v) is 5.34. The van der Waals surface area contributed by atoms with E-state index < -0.39 is 42.7 Å². The molecule has 0 atom stereocenters. The number of nitrogens with zero attached hydrogens (tertiary/aromatic N) is 2. The highest BCUT2D eigenvalue weighted by Crippen LogP contribution is 2.43. The highest BCUT2D eigenvalue weighted by molar-refractivity contribution is 6.58. The summed E-state index contributed by atoms with van der Waals surface area (Å²) in [7, 11) is 0. The number of allylic oxidation sites excluding steroid dienone is 2. The summed E-state index contributed by atoms with van der Waals surface area (Å²) in [5.41, 5.74) is 1.10. The Labute approximate surface area is 247 Å². The highest BCUT2D eigenvalue weighted by Gasteiger charge is 2.58. The van der Waals surface area contributed by atoms with E-state index in [1.165, 1.54) is 52.0 Å². The zero-order valence-corrected chi connectivity index (χ0v) is 24.6. The van der Waals surface area contributed by atoms with E-state index in [9.17, 15) is 19.2 Å². The Morgan fingerprint density at radius 2 is 1.23 bits per heavy atom. The number of benzene rings is 1. The highest BCUT2D eigenvalue weighted by atomic mass is 19.2. The van der Waals surface area contributed by atoms with Crippen LogP contribution in [0.3, 0.4) is 0 Å². The molecular weight excluding hydrogens is 565 g/mol. The Morgan fingerprint density at radius 1 is 0.744 bits per heavy atom. The molecule has 0 saturated heterocycles. The Bertz CT molecular complexity index is 1510.